The van der Waals surface area contributed by atoms with Crippen molar-refractivity contribution in [2.45, 2.75) is 39.7 Å². The minimum absolute atomic E-state index is 0.0168. The fourth-order valence-electron chi connectivity index (χ4n) is 3.02. The summed E-state index contributed by atoms with van der Waals surface area (Å²) in [6.45, 7) is 7.70. The molecule has 6 nitrogen and oxygen atoms in total. The first-order chi connectivity index (χ1) is 10.8. The van der Waals surface area contributed by atoms with Gasteiger partial charge in [-0.15, -0.1) is 0 Å². The largest absolute Gasteiger partial charge is 0.477 e. The standard InChI is InChI=1S/C17H24N2O4/c1-17(2,3)14-12(5-4-8-23-14)10-19-15(20)11-6-7-18-13(9-11)16(21)22/h6-7,9,12,14H,4-5,8,10H2,1-3H3,(H,19,20)(H,21,22). The van der Waals surface area contributed by atoms with E-state index in [1.54, 1.807) is 0 Å². The van der Waals surface area contributed by atoms with Crippen molar-refractivity contribution in [3.8, 4) is 0 Å². The second-order valence-electron chi connectivity index (χ2n) is 7.00. The van der Waals surface area contributed by atoms with Crippen LogP contribution in [-0.4, -0.2) is 41.2 Å². The van der Waals surface area contributed by atoms with Gasteiger partial charge >= 0.3 is 5.97 Å². The minimum atomic E-state index is -1.15. The van der Waals surface area contributed by atoms with Crippen molar-refractivity contribution in [3.63, 3.8) is 0 Å². The summed E-state index contributed by atoms with van der Waals surface area (Å²) in [5, 5.41) is 11.8. The lowest BCUT2D eigenvalue weighted by atomic mass is 9.78. The summed E-state index contributed by atoms with van der Waals surface area (Å²) in [5.41, 5.74) is 0.191. The number of carbonyl (C=O) groups is 2. The minimum Gasteiger partial charge on any atom is -0.477 e. The fourth-order valence-corrected chi connectivity index (χ4v) is 3.02. The Hall–Kier alpha value is -1.95. The van der Waals surface area contributed by atoms with Crippen LogP contribution < -0.4 is 5.32 Å². The number of hydrogen-bond donors (Lipinski definition) is 2. The van der Waals surface area contributed by atoms with Crippen LogP contribution in [0.4, 0.5) is 0 Å². The normalized spacial score (nSPS) is 21.7. The van der Waals surface area contributed by atoms with E-state index in [0.717, 1.165) is 19.4 Å². The molecule has 1 amide bonds. The van der Waals surface area contributed by atoms with Gasteiger partial charge in [-0.05, 0) is 30.4 Å². The summed E-state index contributed by atoms with van der Waals surface area (Å²) < 4.78 is 5.90. The van der Waals surface area contributed by atoms with Gasteiger partial charge in [-0.1, -0.05) is 20.8 Å². The van der Waals surface area contributed by atoms with Crippen molar-refractivity contribution in [2.75, 3.05) is 13.2 Å². The molecule has 1 aromatic heterocycles. The molecule has 23 heavy (non-hydrogen) atoms. The maximum atomic E-state index is 12.2. The van der Waals surface area contributed by atoms with Crippen LogP contribution in [0.1, 0.15) is 54.5 Å². The number of rotatable bonds is 4. The third kappa shape index (κ3) is 4.51. The number of nitrogens with one attached hydrogen (secondary N) is 1. The van der Waals surface area contributed by atoms with Gasteiger partial charge in [-0.2, -0.15) is 0 Å². The van der Waals surface area contributed by atoms with E-state index in [0.29, 0.717) is 12.1 Å². The predicted octanol–water partition coefficient (Wildman–Crippen LogP) is 2.35. The smallest absolute Gasteiger partial charge is 0.354 e. The average molecular weight is 320 g/mol. The van der Waals surface area contributed by atoms with Crippen LogP contribution in [0.2, 0.25) is 0 Å². The van der Waals surface area contributed by atoms with Crippen molar-refractivity contribution < 1.29 is 19.4 Å². The molecule has 2 N–H and O–H groups in total. The molecular weight excluding hydrogens is 296 g/mol. The Morgan fingerprint density at radius 2 is 2.17 bits per heavy atom. The van der Waals surface area contributed by atoms with Crippen LogP contribution in [0, 0.1) is 11.3 Å². The molecular formula is C17H24N2O4. The number of amides is 1. The van der Waals surface area contributed by atoms with Crippen molar-refractivity contribution in [3.05, 3.63) is 29.6 Å². The molecule has 0 aromatic carbocycles. The number of pyridine rings is 1. The third-order valence-corrected chi connectivity index (χ3v) is 4.06. The van der Waals surface area contributed by atoms with Crippen LogP contribution in [0.3, 0.4) is 0 Å². The second kappa shape index (κ2) is 7.08. The summed E-state index contributed by atoms with van der Waals surface area (Å²) in [4.78, 5) is 26.9. The first kappa shape index (κ1) is 17.4. The molecule has 1 fully saturated rings. The van der Waals surface area contributed by atoms with Gasteiger partial charge in [-0.25, -0.2) is 9.78 Å². The number of hydrogen-bond acceptors (Lipinski definition) is 4. The molecule has 2 atom stereocenters. The Labute approximate surface area is 136 Å². The number of carbonyl (C=O) groups excluding carboxylic acids is 1. The molecule has 0 aliphatic carbocycles. The molecule has 2 unspecified atom stereocenters. The van der Waals surface area contributed by atoms with E-state index in [2.05, 4.69) is 31.1 Å². The van der Waals surface area contributed by atoms with Crippen LogP contribution in [0.25, 0.3) is 0 Å². The molecule has 1 aliphatic rings. The molecule has 1 saturated heterocycles. The second-order valence-corrected chi connectivity index (χ2v) is 7.00. The van der Waals surface area contributed by atoms with E-state index >= 15 is 0 Å². The SMILES string of the molecule is CC(C)(C)C1OCCCC1CNC(=O)c1ccnc(C(=O)O)c1. The van der Waals surface area contributed by atoms with Gasteiger partial charge < -0.3 is 15.2 Å². The number of ether oxygens (including phenoxy) is 1. The summed E-state index contributed by atoms with van der Waals surface area (Å²) in [6.07, 6.45) is 3.44. The number of carboxylic acids is 1. The Kier molecular flexibility index (Phi) is 5.36. The molecule has 2 heterocycles. The highest BCUT2D eigenvalue weighted by Crippen LogP contribution is 2.33. The van der Waals surface area contributed by atoms with E-state index < -0.39 is 5.97 Å². The van der Waals surface area contributed by atoms with Gasteiger partial charge in [0.1, 0.15) is 5.69 Å². The Morgan fingerprint density at radius 1 is 1.43 bits per heavy atom. The van der Waals surface area contributed by atoms with Crippen LogP contribution >= 0.6 is 0 Å². The lowest BCUT2D eigenvalue weighted by Gasteiger charge is -2.40. The fraction of sp³-hybridized carbons (Fsp3) is 0.588. The predicted molar refractivity (Wildman–Crippen MR) is 85.4 cm³/mol. The molecule has 0 spiro atoms. The maximum Gasteiger partial charge on any atom is 0.354 e. The van der Waals surface area contributed by atoms with E-state index in [1.807, 2.05) is 0 Å². The van der Waals surface area contributed by atoms with E-state index in [-0.39, 0.29) is 29.0 Å². The van der Waals surface area contributed by atoms with Crippen LogP contribution in [0.15, 0.2) is 18.3 Å². The molecule has 0 saturated carbocycles. The summed E-state index contributed by atoms with van der Waals surface area (Å²) >= 11 is 0. The molecule has 0 bridgehead atoms. The van der Waals surface area contributed by atoms with E-state index in [4.69, 9.17) is 9.84 Å². The van der Waals surface area contributed by atoms with Crippen molar-refractivity contribution in [1.29, 1.82) is 0 Å². The highest BCUT2D eigenvalue weighted by molar-refractivity contribution is 5.96. The van der Waals surface area contributed by atoms with E-state index in [1.165, 1.54) is 18.3 Å². The number of aromatic carboxylic acids is 1. The highest BCUT2D eigenvalue weighted by Gasteiger charge is 2.35. The van der Waals surface area contributed by atoms with Gasteiger partial charge in [0.25, 0.3) is 5.91 Å². The van der Waals surface area contributed by atoms with Crippen molar-refractivity contribution in [1.82, 2.24) is 10.3 Å². The monoisotopic (exact) mass is 320 g/mol. The first-order valence-electron chi connectivity index (χ1n) is 7.88. The molecule has 1 aromatic rings. The first-order valence-corrected chi connectivity index (χ1v) is 7.88. The maximum absolute atomic E-state index is 12.2. The van der Waals surface area contributed by atoms with Gasteiger partial charge in [-0.3, -0.25) is 4.79 Å². The van der Waals surface area contributed by atoms with Crippen LogP contribution in [-0.2, 0) is 4.74 Å². The summed E-state index contributed by atoms with van der Waals surface area (Å²) in [7, 11) is 0. The van der Waals surface area contributed by atoms with E-state index in [9.17, 15) is 9.59 Å². The van der Waals surface area contributed by atoms with Crippen molar-refractivity contribution >= 4 is 11.9 Å². The zero-order valence-corrected chi connectivity index (χ0v) is 13.8. The molecule has 126 valence electrons. The summed E-state index contributed by atoms with van der Waals surface area (Å²) in [6, 6.07) is 2.80. The zero-order chi connectivity index (χ0) is 17.0. The van der Waals surface area contributed by atoms with Crippen LogP contribution in [0.5, 0.6) is 0 Å². The van der Waals surface area contributed by atoms with Gasteiger partial charge in [0, 0.05) is 30.8 Å². The zero-order valence-electron chi connectivity index (χ0n) is 13.8. The highest BCUT2D eigenvalue weighted by atomic mass is 16.5. The Bertz CT molecular complexity index is 580. The van der Waals surface area contributed by atoms with Gasteiger partial charge in [0.15, 0.2) is 0 Å². The Morgan fingerprint density at radius 3 is 2.83 bits per heavy atom. The Balaban J connectivity index is 2.00. The number of nitrogens with zero attached hydrogens (tertiary/aromatic N) is 1. The lowest BCUT2D eigenvalue weighted by Crippen LogP contribution is -2.45. The topological polar surface area (TPSA) is 88.5 Å². The third-order valence-electron chi connectivity index (χ3n) is 4.06. The lowest BCUT2D eigenvalue weighted by molar-refractivity contribution is -0.0839. The average Bonchev–Trinajstić information content (AvgIpc) is 2.52. The molecule has 0 radical (unpaired) electrons. The molecule has 6 heteroatoms. The molecule has 1 aliphatic heterocycles. The van der Waals surface area contributed by atoms with Crippen molar-refractivity contribution in [2.24, 2.45) is 11.3 Å². The van der Waals surface area contributed by atoms with Gasteiger partial charge in [0.2, 0.25) is 0 Å². The quantitative estimate of drug-likeness (QED) is 0.889. The number of carboxylic acid groups (broad SMARTS) is 1. The number of aromatic nitrogens is 1. The van der Waals surface area contributed by atoms with Gasteiger partial charge in [0.05, 0.1) is 6.10 Å². The molecule has 2 rings (SSSR count). The summed E-state index contributed by atoms with van der Waals surface area (Å²) in [5.74, 6) is -1.17.